The van der Waals surface area contributed by atoms with E-state index >= 15 is 0 Å². The van der Waals surface area contributed by atoms with E-state index < -0.39 is 10.0 Å². The molecule has 1 heterocycles. The molecular formula is C15H23N3O4S. The first-order valence-electron chi connectivity index (χ1n) is 7.58. The third-order valence-corrected chi connectivity index (χ3v) is 5.16. The van der Waals surface area contributed by atoms with Crippen LogP contribution in [0, 0.1) is 0 Å². The molecule has 2 N–H and O–H groups in total. The van der Waals surface area contributed by atoms with Gasteiger partial charge in [-0.25, -0.2) is 13.1 Å². The highest BCUT2D eigenvalue weighted by atomic mass is 32.2. The number of sulfonamides is 1. The molecule has 1 atom stereocenters. The summed E-state index contributed by atoms with van der Waals surface area (Å²) in [5.74, 6) is -0.209. The smallest absolute Gasteiger partial charge is 0.251 e. The SMILES string of the molecule is CNS(=O)(=O)c1ccc(C(=O)NCCN2CCOC(C)C2)cc1. The lowest BCUT2D eigenvalue weighted by Crippen LogP contribution is -2.44. The highest BCUT2D eigenvalue weighted by Gasteiger charge is 2.16. The highest BCUT2D eigenvalue weighted by molar-refractivity contribution is 7.89. The largest absolute Gasteiger partial charge is 0.376 e. The number of amides is 1. The fourth-order valence-electron chi connectivity index (χ4n) is 2.43. The first-order valence-corrected chi connectivity index (χ1v) is 9.06. The van der Waals surface area contributed by atoms with E-state index in [0.29, 0.717) is 12.1 Å². The van der Waals surface area contributed by atoms with Crippen molar-refractivity contribution in [3.05, 3.63) is 29.8 Å². The third-order valence-electron chi connectivity index (χ3n) is 3.73. The molecule has 128 valence electrons. The first-order chi connectivity index (χ1) is 10.9. The zero-order valence-corrected chi connectivity index (χ0v) is 14.2. The Morgan fingerprint density at radius 1 is 1.35 bits per heavy atom. The number of nitrogens with one attached hydrogen (secondary N) is 2. The van der Waals surface area contributed by atoms with Gasteiger partial charge in [-0.05, 0) is 38.2 Å². The minimum absolute atomic E-state index is 0.138. The summed E-state index contributed by atoms with van der Waals surface area (Å²) in [4.78, 5) is 14.4. The molecule has 0 radical (unpaired) electrons. The Morgan fingerprint density at radius 3 is 2.65 bits per heavy atom. The van der Waals surface area contributed by atoms with Crippen LogP contribution in [0.4, 0.5) is 0 Å². The zero-order chi connectivity index (χ0) is 16.9. The van der Waals surface area contributed by atoms with Crippen LogP contribution >= 0.6 is 0 Å². The van der Waals surface area contributed by atoms with Gasteiger partial charge in [-0.3, -0.25) is 9.69 Å². The van der Waals surface area contributed by atoms with E-state index in [2.05, 4.69) is 14.9 Å². The number of morpholine rings is 1. The van der Waals surface area contributed by atoms with Gasteiger partial charge < -0.3 is 10.1 Å². The number of benzene rings is 1. The molecule has 23 heavy (non-hydrogen) atoms. The number of carbonyl (C=O) groups excluding carboxylic acids is 1. The van der Waals surface area contributed by atoms with Crippen molar-refractivity contribution in [3.63, 3.8) is 0 Å². The Bertz CT molecular complexity index is 631. The van der Waals surface area contributed by atoms with Crippen molar-refractivity contribution in [1.29, 1.82) is 0 Å². The van der Waals surface area contributed by atoms with E-state index in [9.17, 15) is 13.2 Å². The van der Waals surface area contributed by atoms with E-state index in [1.165, 1.54) is 31.3 Å². The molecule has 1 unspecified atom stereocenters. The summed E-state index contributed by atoms with van der Waals surface area (Å²) in [5, 5.41) is 2.85. The zero-order valence-electron chi connectivity index (χ0n) is 13.4. The maximum atomic E-state index is 12.1. The Balaban J connectivity index is 1.84. The summed E-state index contributed by atoms with van der Waals surface area (Å²) in [5.41, 5.74) is 0.440. The Labute approximate surface area is 137 Å². The van der Waals surface area contributed by atoms with Crippen molar-refractivity contribution >= 4 is 15.9 Å². The number of hydrogen-bond acceptors (Lipinski definition) is 5. The molecule has 0 aromatic heterocycles. The molecule has 1 saturated heterocycles. The summed E-state index contributed by atoms with van der Waals surface area (Å²) in [6.45, 7) is 5.80. The maximum absolute atomic E-state index is 12.1. The molecule has 2 rings (SSSR count). The molecule has 1 aromatic carbocycles. The number of carbonyl (C=O) groups is 1. The molecule has 1 aliphatic heterocycles. The van der Waals surface area contributed by atoms with Crippen LogP contribution in [-0.4, -0.2) is 65.2 Å². The first kappa shape index (κ1) is 17.9. The predicted molar refractivity (Wildman–Crippen MR) is 86.9 cm³/mol. The van der Waals surface area contributed by atoms with Crippen molar-refractivity contribution in [3.8, 4) is 0 Å². The molecule has 1 aliphatic rings. The van der Waals surface area contributed by atoms with Crippen molar-refractivity contribution < 1.29 is 17.9 Å². The second-order valence-corrected chi connectivity index (χ2v) is 7.36. The van der Waals surface area contributed by atoms with Gasteiger partial charge in [0.1, 0.15) is 0 Å². The molecule has 1 aromatic rings. The topological polar surface area (TPSA) is 87.7 Å². The lowest BCUT2D eigenvalue weighted by Gasteiger charge is -2.30. The molecule has 0 spiro atoms. The summed E-state index contributed by atoms with van der Waals surface area (Å²) in [6.07, 6.45) is 0.223. The normalized spacial score (nSPS) is 19.5. The van der Waals surface area contributed by atoms with Gasteiger partial charge in [-0.1, -0.05) is 0 Å². The third kappa shape index (κ3) is 5.00. The molecule has 8 heteroatoms. The molecule has 1 fully saturated rings. The van der Waals surface area contributed by atoms with Gasteiger partial charge in [0.25, 0.3) is 5.91 Å². The number of rotatable bonds is 6. The molecule has 0 saturated carbocycles. The van der Waals surface area contributed by atoms with E-state index in [0.717, 1.165) is 26.2 Å². The predicted octanol–water partition coefficient (Wildman–Crippen LogP) is 0.0452. The van der Waals surface area contributed by atoms with Crippen LogP contribution in [0.1, 0.15) is 17.3 Å². The van der Waals surface area contributed by atoms with Crippen LogP contribution in [0.5, 0.6) is 0 Å². The maximum Gasteiger partial charge on any atom is 0.251 e. The van der Waals surface area contributed by atoms with Crippen LogP contribution < -0.4 is 10.0 Å². The minimum Gasteiger partial charge on any atom is -0.376 e. The minimum atomic E-state index is -3.48. The van der Waals surface area contributed by atoms with Crippen molar-refractivity contribution in [2.45, 2.75) is 17.9 Å². The van der Waals surface area contributed by atoms with E-state index in [1.54, 1.807) is 0 Å². The second kappa shape index (κ2) is 7.87. The second-order valence-electron chi connectivity index (χ2n) is 5.47. The lowest BCUT2D eigenvalue weighted by molar-refractivity contribution is -0.0175. The Hall–Kier alpha value is -1.48. The van der Waals surface area contributed by atoms with Crippen LogP contribution in [0.2, 0.25) is 0 Å². The van der Waals surface area contributed by atoms with Crippen LogP contribution in [0.3, 0.4) is 0 Å². The van der Waals surface area contributed by atoms with Gasteiger partial charge in [-0.15, -0.1) is 0 Å². The number of hydrogen-bond donors (Lipinski definition) is 2. The highest BCUT2D eigenvalue weighted by Crippen LogP contribution is 2.10. The van der Waals surface area contributed by atoms with Crippen LogP contribution in [-0.2, 0) is 14.8 Å². The molecular weight excluding hydrogens is 318 g/mol. The lowest BCUT2D eigenvalue weighted by atomic mass is 10.2. The number of nitrogens with zero attached hydrogens (tertiary/aromatic N) is 1. The number of ether oxygens (including phenoxy) is 1. The van der Waals surface area contributed by atoms with E-state index in [4.69, 9.17) is 4.74 Å². The van der Waals surface area contributed by atoms with Crippen molar-refractivity contribution in [2.24, 2.45) is 0 Å². The fourth-order valence-corrected chi connectivity index (χ4v) is 3.16. The summed E-state index contributed by atoms with van der Waals surface area (Å²) in [7, 11) is -2.13. The molecule has 0 aliphatic carbocycles. The molecule has 1 amide bonds. The Morgan fingerprint density at radius 2 is 2.04 bits per heavy atom. The van der Waals surface area contributed by atoms with Crippen LogP contribution in [0.15, 0.2) is 29.2 Å². The van der Waals surface area contributed by atoms with Gasteiger partial charge in [0.05, 0.1) is 17.6 Å². The standard InChI is InChI=1S/C15H23N3O4S/c1-12-11-18(9-10-22-12)8-7-17-15(19)13-3-5-14(6-4-13)23(20,21)16-2/h3-6,12,16H,7-11H2,1-2H3,(H,17,19). The van der Waals surface area contributed by atoms with Gasteiger partial charge in [0.2, 0.25) is 10.0 Å². The van der Waals surface area contributed by atoms with E-state index in [1.807, 2.05) is 6.92 Å². The van der Waals surface area contributed by atoms with Gasteiger partial charge >= 0.3 is 0 Å². The van der Waals surface area contributed by atoms with Gasteiger partial charge in [0.15, 0.2) is 0 Å². The average Bonchev–Trinajstić information content (AvgIpc) is 2.55. The van der Waals surface area contributed by atoms with Crippen molar-refractivity contribution in [1.82, 2.24) is 14.9 Å². The summed E-state index contributed by atoms with van der Waals surface area (Å²) < 4.78 is 31.0. The van der Waals surface area contributed by atoms with Gasteiger partial charge in [-0.2, -0.15) is 0 Å². The van der Waals surface area contributed by atoms with Gasteiger partial charge in [0, 0.05) is 31.7 Å². The van der Waals surface area contributed by atoms with Crippen LogP contribution in [0.25, 0.3) is 0 Å². The van der Waals surface area contributed by atoms with E-state index in [-0.39, 0.29) is 16.9 Å². The summed E-state index contributed by atoms with van der Waals surface area (Å²) >= 11 is 0. The monoisotopic (exact) mass is 341 g/mol. The summed E-state index contributed by atoms with van der Waals surface area (Å²) in [6, 6.07) is 5.86. The fraction of sp³-hybridized carbons (Fsp3) is 0.533. The molecule has 0 bridgehead atoms. The van der Waals surface area contributed by atoms with Crippen molar-refractivity contribution in [2.75, 3.05) is 39.8 Å². The Kier molecular flexibility index (Phi) is 6.11. The quantitative estimate of drug-likeness (QED) is 0.763. The average molecular weight is 341 g/mol. The molecule has 7 nitrogen and oxygen atoms in total.